The van der Waals surface area contributed by atoms with Gasteiger partial charge in [0.15, 0.2) is 5.78 Å². The molecule has 1 N–H and O–H groups in total. The van der Waals surface area contributed by atoms with Crippen molar-refractivity contribution in [2.75, 3.05) is 18.0 Å². The molecule has 26 heavy (non-hydrogen) atoms. The second-order valence-electron chi connectivity index (χ2n) is 6.29. The fourth-order valence-electron chi connectivity index (χ4n) is 2.72. The van der Waals surface area contributed by atoms with Crippen LogP contribution in [0.25, 0.3) is 0 Å². The van der Waals surface area contributed by atoms with Crippen molar-refractivity contribution >= 4 is 23.3 Å². The van der Waals surface area contributed by atoms with Gasteiger partial charge in [-0.3, -0.25) is 14.4 Å². The van der Waals surface area contributed by atoms with E-state index in [0.29, 0.717) is 30.8 Å². The number of benzene rings is 2. The number of carbonyl (C=O) groups is 3. The molecular weight excluding hydrogens is 328 g/mol. The zero-order valence-corrected chi connectivity index (χ0v) is 15.4. The summed E-state index contributed by atoms with van der Waals surface area (Å²) in [4.78, 5) is 36.9. The Morgan fingerprint density at radius 3 is 2.27 bits per heavy atom. The van der Waals surface area contributed by atoms with Gasteiger partial charge in [0.25, 0.3) is 0 Å². The molecule has 0 saturated carbocycles. The summed E-state index contributed by atoms with van der Waals surface area (Å²) in [5.74, 6) is -0.214. The van der Waals surface area contributed by atoms with E-state index in [4.69, 9.17) is 0 Å². The van der Waals surface area contributed by atoms with E-state index in [0.717, 1.165) is 11.1 Å². The number of hydrogen-bond acceptors (Lipinski definition) is 3. The first-order valence-electron chi connectivity index (χ1n) is 8.58. The van der Waals surface area contributed by atoms with Gasteiger partial charge in [0, 0.05) is 31.3 Å². The van der Waals surface area contributed by atoms with E-state index in [9.17, 15) is 14.4 Å². The first kappa shape index (κ1) is 19.4. The van der Waals surface area contributed by atoms with Gasteiger partial charge in [-0.2, -0.15) is 0 Å². The molecule has 0 aliphatic carbocycles. The molecule has 136 valence electrons. The molecular formula is C21H24N2O3. The molecule has 0 heterocycles. The summed E-state index contributed by atoms with van der Waals surface area (Å²) in [6.45, 7) is 5.70. The molecule has 0 unspecified atom stereocenters. The molecule has 0 bridgehead atoms. The Hall–Kier alpha value is -2.95. The number of hydrogen-bond donors (Lipinski definition) is 1. The summed E-state index contributed by atoms with van der Waals surface area (Å²) >= 11 is 0. The summed E-state index contributed by atoms with van der Waals surface area (Å²) in [6.07, 6.45) is 0.315. The number of amides is 2. The summed E-state index contributed by atoms with van der Waals surface area (Å²) in [6, 6.07) is 14.7. The van der Waals surface area contributed by atoms with E-state index < -0.39 is 0 Å². The molecule has 2 aromatic carbocycles. The minimum absolute atomic E-state index is 0.0191. The van der Waals surface area contributed by atoms with Gasteiger partial charge in [-0.25, -0.2) is 0 Å². The zero-order chi connectivity index (χ0) is 19.1. The number of Topliss-reactive ketones (excluding diaryl/α,β-unsaturated/α-hetero) is 1. The number of rotatable bonds is 7. The van der Waals surface area contributed by atoms with Crippen LogP contribution in [0, 0.1) is 6.92 Å². The minimum Gasteiger partial charge on any atom is -0.354 e. The molecule has 2 aromatic rings. The monoisotopic (exact) mass is 352 g/mol. The van der Waals surface area contributed by atoms with Crippen LogP contribution in [0.4, 0.5) is 5.69 Å². The van der Waals surface area contributed by atoms with Crippen molar-refractivity contribution in [3.63, 3.8) is 0 Å². The van der Waals surface area contributed by atoms with Crippen LogP contribution >= 0.6 is 0 Å². The number of anilines is 1. The molecule has 2 rings (SSSR count). The molecule has 0 fully saturated rings. The molecule has 5 heteroatoms. The van der Waals surface area contributed by atoms with Gasteiger partial charge in [0.2, 0.25) is 11.8 Å². The lowest BCUT2D eigenvalue weighted by atomic mass is 10.1. The number of nitrogens with one attached hydrogen (secondary N) is 1. The molecule has 0 aliphatic heterocycles. The Bertz CT molecular complexity index is 797. The van der Waals surface area contributed by atoms with Crippen LogP contribution in [-0.4, -0.2) is 30.7 Å². The predicted octanol–water partition coefficient (Wildman–Crippen LogP) is 2.91. The maximum absolute atomic E-state index is 12.1. The Labute approximate surface area is 154 Å². The van der Waals surface area contributed by atoms with Crippen LogP contribution in [0.15, 0.2) is 48.5 Å². The number of nitrogens with zero attached hydrogens (tertiary/aromatic N) is 1. The van der Waals surface area contributed by atoms with Crippen molar-refractivity contribution in [3.8, 4) is 0 Å². The fraction of sp³-hybridized carbons (Fsp3) is 0.286. The van der Waals surface area contributed by atoms with Crippen molar-refractivity contribution < 1.29 is 14.4 Å². The number of ketones is 1. The quantitative estimate of drug-likeness (QED) is 0.779. The van der Waals surface area contributed by atoms with Gasteiger partial charge < -0.3 is 10.2 Å². The summed E-state index contributed by atoms with van der Waals surface area (Å²) in [5.41, 5.74) is 3.39. The summed E-state index contributed by atoms with van der Waals surface area (Å²) in [5, 5.41) is 2.85. The van der Waals surface area contributed by atoms with Crippen molar-refractivity contribution in [2.24, 2.45) is 0 Å². The largest absolute Gasteiger partial charge is 0.354 e. The molecule has 0 radical (unpaired) electrons. The van der Waals surface area contributed by atoms with E-state index in [-0.39, 0.29) is 17.6 Å². The second-order valence-corrected chi connectivity index (χ2v) is 6.29. The van der Waals surface area contributed by atoms with Gasteiger partial charge in [-0.15, -0.1) is 0 Å². The molecule has 0 aromatic heterocycles. The molecule has 0 atom stereocenters. The number of aryl methyl sites for hydroxylation is 1. The highest BCUT2D eigenvalue weighted by molar-refractivity contribution is 5.96. The highest BCUT2D eigenvalue weighted by Gasteiger charge is 2.12. The van der Waals surface area contributed by atoms with Crippen molar-refractivity contribution in [1.82, 2.24) is 5.32 Å². The van der Waals surface area contributed by atoms with E-state index in [1.807, 2.05) is 31.2 Å². The topological polar surface area (TPSA) is 66.5 Å². The standard InChI is InChI=1S/C21H24N2O3/c1-15-5-4-6-18(13-15)14-21(26)22-11-12-23(17(3)25)20-9-7-19(8-10-20)16(2)24/h4-10,13H,11-12,14H2,1-3H3,(H,22,26). The van der Waals surface area contributed by atoms with E-state index in [1.165, 1.54) is 13.8 Å². The van der Waals surface area contributed by atoms with Crippen LogP contribution in [-0.2, 0) is 16.0 Å². The Morgan fingerprint density at radius 2 is 1.69 bits per heavy atom. The minimum atomic E-state index is -0.117. The van der Waals surface area contributed by atoms with Crippen LogP contribution < -0.4 is 10.2 Å². The van der Waals surface area contributed by atoms with Crippen molar-refractivity contribution in [1.29, 1.82) is 0 Å². The maximum atomic E-state index is 12.1. The van der Waals surface area contributed by atoms with Crippen molar-refractivity contribution in [2.45, 2.75) is 27.2 Å². The average Bonchev–Trinajstić information content (AvgIpc) is 2.58. The van der Waals surface area contributed by atoms with Gasteiger partial charge >= 0.3 is 0 Å². The molecule has 0 saturated heterocycles. The van der Waals surface area contributed by atoms with Crippen LogP contribution in [0.2, 0.25) is 0 Å². The smallest absolute Gasteiger partial charge is 0.224 e. The third-order valence-corrected chi connectivity index (χ3v) is 4.07. The normalized spacial score (nSPS) is 10.3. The third kappa shape index (κ3) is 5.55. The fourth-order valence-corrected chi connectivity index (χ4v) is 2.72. The molecule has 0 aliphatic rings. The van der Waals surface area contributed by atoms with Crippen LogP contribution in [0.1, 0.15) is 35.3 Å². The highest BCUT2D eigenvalue weighted by Crippen LogP contribution is 2.15. The van der Waals surface area contributed by atoms with Gasteiger partial charge in [0.05, 0.1) is 6.42 Å². The van der Waals surface area contributed by atoms with Crippen LogP contribution in [0.3, 0.4) is 0 Å². The highest BCUT2D eigenvalue weighted by atomic mass is 16.2. The first-order valence-corrected chi connectivity index (χ1v) is 8.58. The Balaban J connectivity index is 1.91. The maximum Gasteiger partial charge on any atom is 0.224 e. The van der Waals surface area contributed by atoms with Gasteiger partial charge in [-0.05, 0) is 43.7 Å². The second kappa shape index (κ2) is 8.94. The van der Waals surface area contributed by atoms with Crippen LogP contribution in [0.5, 0.6) is 0 Å². The third-order valence-electron chi connectivity index (χ3n) is 4.07. The lowest BCUT2D eigenvalue weighted by Crippen LogP contribution is -2.38. The summed E-state index contributed by atoms with van der Waals surface area (Å²) in [7, 11) is 0. The lowest BCUT2D eigenvalue weighted by molar-refractivity contribution is -0.121. The lowest BCUT2D eigenvalue weighted by Gasteiger charge is -2.21. The Kier molecular flexibility index (Phi) is 6.67. The van der Waals surface area contributed by atoms with Gasteiger partial charge in [-0.1, -0.05) is 29.8 Å². The van der Waals surface area contributed by atoms with E-state index in [2.05, 4.69) is 5.32 Å². The first-order chi connectivity index (χ1) is 12.4. The molecule has 2 amide bonds. The Morgan fingerprint density at radius 1 is 1.00 bits per heavy atom. The van der Waals surface area contributed by atoms with Gasteiger partial charge in [0.1, 0.15) is 0 Å². The summed E-state index contributed by atoms with van der Waals surface area (Å²) < 4.78 is 0. The van der Waals surface area contributed by atoms with Crippen molar-refractivity contribution in [3.05, 3.63) is 65.2 Å². The van der Waals surface area contributed by atoms with E-state index >= 15 is 0 Å². The molecule has 5 nitrogen and oxygen atoms in total. The van der Waals surface area contributed by atoms with E-state index in [1.54, 1.807) is 29.2 Å². The SMILES string of the molecule is CC(=O)c1ccc(N(CCNC(=O)Cc2cccc(C)c2)C(C)=O)cc1. The zero-order valence-electron chi connectivity index (χ0n) is 15.4. The predicted molar refractivity (Wildman–Crippen MR) is 102 cm³/mol. The number of carbonyl (C=O) groups excluding carboxylic acids is 3. The average molecular weight is 352 g/mol. The molecule has 0 spiro atoms.